The summed E-state index contributed by atoms with van der Waals surface area (Å²) in [5, 5.41) is 30.1. The summed E-state index contributed by atoms with van der Waals surface area (Å²) in [7, 11) is 0. The number of benzene rings is 3. The summed E-state index contributed by atoms with van der Waals surface area (Å²) in [6.45, 7) is 0. The molecule has 0 saturated carbocycles. The monoisotopic (exact) mass is 363 g/mol. The lowest BCUT2D eigenvalue weighted by Crippen LogP contribution is -2.13. The van der Waals surface area contributed by atoms with Gasteiger partial charge >= 0.3 is 11.3 Å². The first-order valence-corrected chi connectivity index (χ1v) is 8.04. The number of hydrogen-bond donors (Lipinski definition) is 0. The lowest BCUT2D eigenvalue weighted by molar-refractivity contribution is 0.488. The molecule has 0 spiro atoms. The standard InChI is InChI=1S/C21H5N3O4/c22-6-9-1-2-15-12(3-9)16-10(7-23)4-13-17-14(21(26)28-20(13)25)5-11(8-24)19(27-15)18(16)17/h1-5H. The highest BCUT2D eigenvalue weighted by Gasteiger charge is 2.23. The van der Waals surface area contributed by atoms with Crippen LogP contribution in [-0.2, 0) is 0 Å². The van der Waals surface area contributed by atoms with Crippen LogP contribution in [0.4, 0.5) is 0 Å². The Morgan fingerprint density at radius 3 is 2.00 bits per heavy atom. The molecule has 0 amide bonds. The molecule has 7 nitrogen and oxygen atoms in total. The first-order valence-electron chi connectivity index (χ1n) is 8.04. The summed E-state index contributed by atoms with van der Waals surface area (Å²) in [5.41, 5.74) is -0.630. The van der Waals surface area contributed by atoms with Gasteiger partial charge in [-0.05, 0) is 30.3 Å². The molecule has 3 aromatic carbocycles. The molecule has 0 N–H and O–H groups in total. The molecule has 5 rings (SSSR count). The maximum absolute atomic E-state index is 12.3. The van der Waals surface area contributed by atoms with Crippen molar-refractivity contribution in [2.45, 2.75) is 0 Å². The van der Waals surface area contributed by atoms with Gasteiger partial charge in [-0.2, -0.15) is 15.8 Å². The number of rotatable bonds is 0. The fourth-order valence-electron chi connectivity index (χ4n) is 3.67. The molecule has 0 aliphatic carbocycles. The number of fused-ring (bicyclic) bond motifs is 2. The number of nitriles is 3. The fraction of sp³-hybridized carbons (Fsp3) is 0. The summed E-state index contributed by atoms with van der Waals surface area (Å²) in [6, 6.07) is 13.5. The maximum Gasteiger partial charge on any atom is 0.346 e. The first kappa shape index (κ1) is 15.6. The highest BCUT2D eigenvalue weighted by atomic mass is 16.4. The van der Waals surface area contributed by atoms with E-state index in [2.05, 4.69) is 6.07 Å². The molecule has 0 aliphatic heterocycles. The average Bonchev–Trinajstić information content (AvgIpc) is 2.72. The zero-order valence-corrected chi connectivity index (χ0v) is 13.9. The van der Waals surface area contributed by atoms with Crippen LogP contribution < -0.4 is 11.3 Å². The van der Waals surface area contributed by atoms with E-state index in [1.807, 2.05) is 12.1 Å². The predicted molar refractivity (Wildman–Crippen MR) is 98.9 cm³/mol. The molecule has 2 aromatic heterocycles. The largest absolute Gasteiger partial charge is 0.455 e. The number of hydrogen-bond acceptors (Lipinski definition) is 7. The smallest absolute Gasteiger partial charge is 0.346 e. The van der Waals surface area contributed by atoms with E-state index in [0.717, 1.165) is 0 Å². The first-order chi connectivity index (χ1) is 13.6. The minimum Gasteiger partial charge on any atom is -0.455 e. The normalized spacial score (nSPS) is 11.0. The van der Waals surface area contributed by atoms with Crippen LogP contribution in [-0.4, -0.2) is 0 Å². The molecular weight excluding hydrogens is 358 g/mol. The van der Waals surface area contributed by atoms with Crippen molar-refractivity contribution in [3.05, 3.63) is 67.9 Å². The second kappa shape index (κ2) is 5.17. The van der Waals surface area contributed by atoms with Gasteiger partial charge in [0.2, 0.25) is 0 Å². The van der Waals surface area contributed by atoms with E-state index >= 15 is 0 Å². The van der Waals surface area contributed by atoms with E-state index in [4.69, 9.17) is 8.83 Å². The molecule has 0 bridgehead atoms. The Labute approximate surface area is 154 Å². The van der Waals surface area contributed by atoms with Crippen LogP contribution in [0.1, 0.15) is 16.7 Å². The van der Waals surface area contributed by atoms with Crippen molar-refractivity contribution in [3.8, 4) is 18.2 Å². The van der Waals surface area contributed by atoms with Crippen LogP contribution in [0.5, 0.6) is 0 Å². The van der Waals surface area contributed by atoms with Crippen LogP contribution in [0.3, 0.4) is 0 Å². The molecule has 0 aliphatic rings. The van der Waals surface area contributed by atoms with Gasteiger partial charge in [0, 0.05) is 21.5 Å². The van der Waals surface area contributed by atoms with E-state index in [1.54, 1.807) is 18.2 Å². The third-order valence-corrected chi connectivity index (χ3v) is 4.81. The van der Waals surface area contributed by atoms with Crippen molar-refractivity contribution in [1.82, 2.24) is 0 Å². The quantitative estimate of drug-likeness (QED) is 0.305. The summed E-state index contributed by atoms with van der Waals surface area (Å²) < 4.78 is 10.7. The Balaban J connectivity index is 2.30. The number of nitrogens with zero attached hydrogens (tertiary/aromatic N) is 3. The van der Waals surface area contributed by atoms with Crippen molar-refractivity contribution in [2.24, 2.45) is 0 Å². The van der Waals surface area contributed by atoms with E-state index in [1.165, 1.54) is 12.1 Å². The molecule has 0 unspecified atom stereocenters. The molecule has 5 aromatic rings. The van der Waals surface area contributed by atoms with Crippen molar-refractivity contribution >= 4 is 43.5 Å². The summed E-state index contributed by atoms with van der Waals surface area (Å²) >= 11 is 0. The van der Waals surface area contributed by atoms with Gasteiger partial charge in [-0.3, -0.25) is 0 Å². The Morgan fingerprint density at radius 1 is 0.679 bits per heavy atom. The minimum absolute atomic E-state index is 0.0547. The Morgan fingerprint density at radius 2 is 1.36 bits per heavy atom. The molecule has 28 heavy (non-hydrogen) atoms. The van der Waals surface area contributed by atoms with Crippen molar-refractivity contribution in [3.63, 3.8) is 0 Å². The van der Waals surface area contributed by atoms with Crippen LogP contribution in [0.15, 0.2) is 48.8 Å². The Kier molecular flexibility index (Phi) is 2.88. The highest BCUT2D eigenvalue weighted by molar-refractivity contribution is 6.28. The van der Waals surface area contributed by atoms with E-state index in [-0.39, 0.29) is 32.9 Å². The lowest BCUT2D eigenvalue weighted by atomic mass is 9.91. The van der Waals surface area contributed by atoms with Crippen molar-refractivity contribution in [2.75, 3.05) is 0 Å². The molecule has 0 atom stereocenters. The highest BCUT2D eigenvalue weighted by Crippen LogP contribution is 2.40. The third kappa shape index (κ3) is 1.78. The van der Waals surface area contributed by atoms with Gasteiger partial charge in [0.1, 0.15) is 11.7 Å². The van der Waals surface area contributed by atoms with Crippen molar-refractivity contribution < 1.29 is 8.83 Å². The topological polar surface area (TPSA) is 132 Å². The SMILES string of the molecule is N#Cc1ccc2oc3c(C#N)cc4c(=O)oc(=O)c5cc(C#N)c(c2c1)c3c45. The van der Waals surface area contributed by atoms with Crippen LogP contribution in [0.2, 0.25) is 0 Å². The molecule has 7 heteroatoms. The second-order valence-electron chi connectivity index (χ2n) is 6.22. The van der Waals surface area contributed by atoms with Gasteiger partial charge in [0.15, 0.2) is 5.58 Å². The van der Waals surface area contributed by atoms with Crippen LogP contribution in [0, 0.1) is 34.0 Å². The molecule has 128 valence electrons. The minimum atomic E-state index is -0.868. The van der Waals surface area contributed by atoms with Gasteiger partial charge in [-0.15, -0.1) is 0 Å². The zero-order valence-electron chi connectivity index (χ0n) is 13.9. The summed E-state index contributed by atoms with van der Waals surface area (Å²) in [6.07, 6.45) is 0. The predicted octanol–water partition coefficient (Wildman–Crippen LogP) is 3.26. The molecule has 0 saturated heterocycles. The van der Waals surface area contributed by atoms with Crippen LogP contribution in [0.25, 0.3) is 43.5 Å². The van der Waals surface area contributed by atoms with Gasteiger partial charge < -0.3 is 8.83 Å². The van der Waals surface area contributed by atoms with Gasteiger partial charge in [-0.25, -0.2) is 9.59 Å². The van der Waals surface area contributed by atoms with Gasteiger partial charge in [-0.1, -0.05) is 0 Å². The van der Waals surface area contributed by atoms with Gasteiger partial charge in [0.05, 0.1) is 39.6 Å². The Hall–Kier alpha value is -4.67. The lowest BCUT2D eigenvalue weighted by Gasteiger charge is -2.13. The van der Waals surface area contributed by atoms with E-state index in [0.29, 0.717) is 27.3 Å². The van der Waals surface area contributed by atoms with E-state index in [9.17, 15) is 25.4 Å². The zero-order chi connectivity index (χ0) is 19.6. The summed E-state index contributed by atoms with van der Waals surface area (Å²) in [4.78, 5) is 24.6. The maximum atomic E-state index is 12.3. The second-order valence-corrected chi connectivity index (χ2v) is 6.22. The third-order valence-electron chi connectivity index (χ3n) is 4.81. The summed E-state index contributed by atoms with van der Waals surface area (Å²) in [5.74, 6) is 0. The van der Waals surface area contributed by atoms with Crippen LogP contribution >= 0.6 is 0 Å². The van der Waals surface area contributed by atoms with E-state index < -0.39 is 11.3 Å². The molecular formula is C21H5N3O4. The Bertz CT molecular complexity index is 1710. The molecule has 0 fully saturated rings. The average molecular weight is 363 g/mol. The van der Waals surface area contributed by atoms with Gasteiger partial charge in [0.25, 0.3) is 0 Å². The van der Waals surface area contributed by atoms with Crippen molar-refractivity contribution in [1.29, 1.82) is 15.8 Å². The molecule has 0 radical (unpaired) electrons. The molecule has 2 heterocycles. The fourth-order valence-corrected chi connectivity index (χ4v) is 3.67.